The number of halogens is 1. The quantitative estimate of drug-likeness (QED) is 0.505. The molecule has 2 atom stereocenters. The monoisotopic (exact) mass is 441 g/mol. The van der Waals surface area contributed by atoms with Gasteiger partial charge in [-0.15, -0.1) is 0 Å². The highest BCUT2D eigenvalue weighted by atomic mass is 32.2. The Labute approximate surface area is 175 Å². The Hall–Kier alpha value is -2.04. The molecule has 0 spiro atoms. The highest BCUT2D eigenvalue weighted by molar-refractivity contribution is 7.90. The molecule has 1 heterocycles. The van der Waals surface area contributed by atoms with Crippen LogP contribution in [0.15, 0.2) is 24.3 Å². The van der Waals surface area contributed by atoms with Crippen molar-refractivity contribution in [3.05, 3.63) is 35.6 Å². The maximum absolute atomic E-state index is 13.0. The Morgan fingerprint density at radius 3 is 2.53 bits per heavy atom. The molecule has 10 heteroatoms. The van der Waals surface area contributed by atoms with Gasteiger partial charge in [0, 0.05) is 19.6 Å². The van der Waals surface area contributed by atoms with Gasteiger partial charge >= 0.3 is 0 Å². The molecule has 2 fully saturated rings. The number of sulfonamides is 1. The molecule has 1 saturated heterocycles. The molecule has 2 amide bonds. The lowest BCUT2D eigenvalue weighted by Gasteiger charge is -2.35. The van der Waals surface area contributed by atoms with Crippen molar-refractivity contribution in [3.8, 4) is 0 Å². The molecule has 8 nitrogen and oxygen atoms in total. The fourth-order valence-corrected chi connectivity index (χ4v) is 5.06. The summed E-state index contributed by atoms with van der Waals surface area (Å²) in [5.74, 6) is -1.24. The van der Waals surface area contributed by atoms with Crippen molar-refractivity contribution in [3.63, 3.8) is 0 Å². The third-order valence-corrected chi connectivity index (χ3v) is 7.38. The second-order valence-electron chi connectivity index (χ2n) is 7.99. The number of benzene rings is 1. The second-order valence-corrected chi connectivity index (χ2v) is 10.0. The normalized spacial score (nSPS) is 20.6. The number of aliphatic hydroxyl groups excluding tert-OH is 1. The highest BCUT2D eigenvalue weighted by Gasteiger charge is 2.36. The van der Waals surface area contributed by atoms with Crippen molar-refractivity contribution in [1.82, 2.24) is 14.9 Å². The topological polar surface area (TPSA) is 116 Å². The minimum absolute atomic E-state index is 0.00881. The summed E-state index contributed by atoms with van der Waals surface area (Å²) in [5, 5.41) is 11.9. The smallest absolute Gasteiger partial charge is 0.247 e. The Morgan fingerprint density at radius 1 is 1.20 bits per heavy atom. The molecular formula is C20H28FN3O5S. The Morgan fingerprint density at radius 2 is 1.90 bits per heavy atom. The van der Waals surface area contributed by atoms with Crippen molar-refractivity contribution >= 4 is 21.8 Å². The third-order valence-electron chi connectivity index (χ3n) is 5.46. The van der Waals surface area contributed by atoms with Crippen LogP contribution in [-0.4, -0.2) is 67.8 Å². The molecular weight excluding hydrogens is 413 g/mol. The zero-order valence-corrected chi connectivity index (χ0v) is 17.5. The summed E-state index contributed by atoms with van der Waals surface area (Å²) in [6, 6.07) is 4.41. The van der Waals surface area contributed by atoms with E-state index < -0.39 is 34.4 Å². The van der Waals surface area contributed by atoms with E-state index in [0.29, 0.717) is 31.5 Å². The van der Waals surface area contributed by atoms with Gasteiger partial charge in [-0.2, -0.15) is 0 Å². The Balaban J connectivity index is 1.50. The van der Waals surface area contributed by atoms with Gasteiger partial charge in [0.15, 0.2) is 0 Å². The first-order chi connectivity index (χ1) is 14.3. The summed E-state index contributed by atoms with van der Waals surface area (Å²) < 4.78 is 39.6. The summed E-state index contributed by atoms with van der Waals surface area (Å²) in [5.41, 5.74) is 0.596. The largest absolute Gasteiger partial charge is 0.394 e. The van der Waals surface area contributed by atoms with Gasteiger partial charge in [0.25, 0.3) is 0 Å². The van der Waals surface area contributed by atoms with Crippen LogP contribution < -0.4 is 10.0 Å². The molecule has 3 rings (SSSR count). The number of rotatable bonds is 9. The number of hydrogen-bond donors (Lipinski definition) is 3. The average Bonchev–Trinajstić information content (AvgIpc) is 3.58. The van der Waals surface area contributed by atoms with E-state index in [1.165, 1.54) is 24.3 Å². The fourth-order valence-electron chi connectivity index (χ4n) is 3.60. The molecule has 1 aliphatic carbocycles. The van der Waals surface area contributed by atoms with E-state index in [4.69, 9.17) is 0 Å². The van der Waals surface area contributed by atoms with Crippen molar-refractivity contribution in [1.29, 1.82) is 0 Å². The lowest BCUT2D eigenvalue weighted by molar-refractivity contribution is -0.139. The molecule has 2 aliphatic rings. The van der Waals surface area contributed by atoms with E-state index in [1.807, 2.05) is 0 Å². The molecule has 1 aromatic carbocycles. The zero-order valence-electron chi connectivity index (χ0n) is 16.7. The summed E-state index contributed by atoms with van der Waals surface area (Å²) in [4.78, 5) is 26.6. The number of amides is 2. The molecule has 0 radical (unpaired) electrons. The van der Waals surface area contributed by atoms with E-state index >= 15 is 0 Å². The van der Waals surface area contributed by atoms with Gasteiger partial charge in [0.2, 0.25) is 21.8 Å². The van der Waals surface area contributed by atoms with E-state index in [-0.39, 0.29) is 30.0 Å². The minimum atomic E-state index is -3.27. The van der Waals surface area contributed by atoms with Crippen LogP contribution in [0.3, 0.4) is 0 Å². The van der Waals surface area contributed by atoms with Crippen molar-refractivity contribution in [2.45, 2.75) is 43.4 Å². The third kappa shape index (κ3) is 6.23. The predicted octanol–water partition coefficient (Wildman–Crippen LogP) is 0.166. The number of nitrogens with zero attached hydrogens (tertiary/aromatic N) is 1. The van der Waals surface area contributed by atoms with E-state index in [2.05, 4.69) is 10.0 Å². The van der Waals surface area contributed by atoms with E-state index in [0.717, 1.165) is 12.8 Å². The zero-order chi connectivity index (χ0) is 21.7. The molecule has 0 aromatic heterocycles. The van der Waals surface area contributed by atoms with Crippen LogP contribution >= 0.6 is 0 Å². The first-order valence-corrected chi connectivity index (χ1v) is 11.7. The summed E-state index contributed by atoms with van der Waals surface area (Å²) in [7, 11) is -3.27. The van der Waals surface area contributed by atoms with Gasteiger partial charge in [-0.05, 0) is 49.3 Å². The Kier molecular flexibility index (Phi) is 7.43. The van der Waals surface area contributed by atoms with Crippen LogP contribution in [0.1, 0.15) is 31.2 Å². The predicted molar refractivity (Wildman–Crippen MR) is 108 cm³/mol. The lowest BCUT2D eigenvalue weighted by Crippen LogP contribution is -2.54. The SMILES string of the molecule is O=C(Cc1ccc(F)cc1)N[C@@H](CO)C(=O)N1CCCC(CNS(=O)(=O)C2CC2)C1. The first kappa shape index (κ1) is 22.6. The Bertz CT molecular complexity index is 858. The lowest BCUT2D eigenvalue weighted by atomic mass is 9.97. The molecule has 3 N–H and O–H groups in total. The number of hydrogen-bond acceptors (Lipinski definition) is 5. The number of carbonyl (C=O) groups is 2. The standard InChI is InChI=1S/C20H28FN3O5S/c21-16-5-3-14(4-6-16)10-19(26)23-18(13-25)20(27)24-9-1-2-15(12-24)11-22-30(28,29)17-7-8-17/h3-6,15,17-18,22,25H,1-2,7-13H2,(H,23,26)/t15?,18-/m0/s1. The summed E-state index contributed by atoms with van der Waals surface area (Å²) in [6.07, 6.45) is 2.89. The fraction of sp³-hybridized carbons (Fsp3) is 0.600. The molecule has 1 aliphatic heterocycles. The molecule has 166 valence electrons. The molecule has 1 unspecified atom stereocenters. The van der Waals surface area contributed by atoms with Crippen LogP contribution in [0.5, 0.6) is 0 Å². The summed E-state index contributed by atoms with van der Waals surface area (Å²) >= 11 is 0. The van der Waals surface area contributed by atoms with Crippen molar-refractivity contribution in [2.75, 3.05) is 26.2 Å². The van der Waals surface area contributed by atoms with Crippen LogP contribution in [-0.2, 0) is 26.0 Å². The average molecular weight is 442 g/mol. The van der Waals surface area contributed by atoms with Gasteiger partial charge in [0.1, 0.15) is 11.9 Å². The number of aliphatic hydroxyl groups is 1. The van der Waals surface area contributed by atoms with Gasteiger partial charge < -0.3 is 15.3 Å². The minimum Gasteiger partial charge on any atom is -0.394 e. The number of carbonyl (C=O) groups excluding carboxylic acids is 2. The molecule has 0 bridgehead atoms. The maximum Gasteiger partial charge on any atom is 0.247 e. The van der Waals surface area contributed by atoms with E-state index in [1.54, 1.807) is 4.90 Å². The first-order valence-electron chi connectivity index (χ1n) is 10.2. The second kappa shape index (κ2) is 9.84. The molecule has 1 saturated carbocycles. The summed E-state index contributed by atoms with van der Waals surface area (Å²) in [6.45, 7) is 0.609. The number of likely N-dealkylation sites (tertiary alicyclic amines) is 1. The molecule has 30 heavy (non-hydrogen) atoms. The van der Waals surface area contributed by atoms with Crippen LogP contribution in [0.25, 0.3) is 0 Å². The molecule has 1 aromatic rings. The van der Waals surface area contributed by atoms with Crippen LogP contribution in [0.2, 0.25) is 0 Å². The van der Waals surface area contributed by atoms with Crippen molar-refractivity contribution < 1.29 is 27.5 Å². The van der Waals surface area contributed by atoms with Crippen LogP contribution in [0, 0.1) is 11.7 Å². The highest BCUT2D eigenvalue weighted by Crippen LogP contribution is 2.27. The van der Waals surface area contributed by atoms with Gasteiger partial charge in [0.05, 0.1) is 18.3 Å². The van der Waals surface area contributed by atoms with Gasteiger partial charge in [-0.3, -0.25) is 9.59 Å². The van der Waals surface area contributed by atoms with Gasteiger partial charge in [-0.25, -0.2) is 17.5 Å². The van der Waals surface area contributed by atoms with Gasteiger partial charge in [-0.1, -0.05) is 12.1 Å². The van der Waals surface area contributed by atoms with Crippen LogP contribution in [0.4, 0.5) is 4.39 Å². The maximum atomic E-state index is 13.0. The number of nitrogens with one attached hydrogen (secondary N) is 2. The number of piperidine rings is 1. The van der Waals surface area contributed by atoms with Crippen molar-refractivity contribution in [2.24, 2.45) is 5.92 Å². The van der Waals surface area contributed by atoms with E-state index in [9.17, 15) is 27.5 Å².